The van der Waals surface area contributed by atoms with Gasteiger partial charge >= 0.3 is 0 Å². The predicted molar refractivity (Wildman–Crippen MR) is 139 cm³/mol. The van der Waals surface area contributed by atoms with Crippen LogP contribution in [0, 0.1) is 10.1 Å². The fraction of sp³-hybridized carbons (Fsp3) is 0.192. The molecule has 0 bridgehead atoms. The summed E-state index contributed by atoms with van der Waals surface area (Å²) in [5.41, 5.74) is 2.63. The molecule has 2 aromatic heterocycles. The maximum atomic E-state index is 13.6. The van der Waals surface area contributed by atoms with E-state index in [1.54, 1.807) is 28.8 Å². The van der Waals surface area contributed by atoms with Crippen molar-refractivity contribution in [2.75, 3.05) is 18.0 Å². The molecule has 1 saturated heterocycles. The maximum Gasteiger partial charge on any atom is 0.270 e. The zero-order chi connectivity index (χ0) is 24.8. The van der Waals surface area contributed by atoms with E-state index >= 15 is 0 Å². The molecule has 10 heteroatoms. The molecule has 0 atom stereocenters. The largest absolute Gasteiger partial charge is 0.371 e. The van der Waals surface area contributed by atoms with Crippen LogP contribution in [-0.4, -0.2) is 37.2 Å². The molecular formula is C26H21ClN6O3. The van der Waals surface area contributed by atoms with Gasteiger partial charge in [-0.2, -0.15) is 0 Å². The number of fused-ring (bicyclic) bond motifs is 3. The topological polar surface area (TPSA) is 98.6 Å². The normalized spacial score (nSPS) is 13.6. The van der Waals surface area contributed by atoms with Crippen LogP contribution in [0.1, 0.15) is 18.4 Å². The Hall–Kier alpha value is -4.24. The zero-order valence-corrected chi connectivity index (χ0v) is 19.9. The van der Waals surface area contributed by atoms with Crippen LogP contribution in [0.5, 0.6) is 0 Å². The van der Waals surface area contributed by atoms with Gasteiger partial charge in [-0.15, -0.1) is 10.2 Å². The highest BCUT2D eigenvalue weighted by atomic mass is 35.5. The summed E-state index contributed by atoms with van der Waals surface area (Å²) in [4.78, 5) is 27.0. The minimum Gasteiger partial charge on any atom is -0.371 e. The number of nitro benzene ring substituents is 1. The van der Waals surface area contributed by atoms with Crippen molar-refractivity contribution in [3.05, 3.63) is 97.8 Å². The molecule has 0 radical (unpaired) electrons. The van der Waals surface area contributed by atoms with Crippen LogP contribution in [0.25, 0.3) is 28.1 Å². The summed E-state index contributed by atoms with van der Waals surface area (Å²) in [6, 6.07) is 19.4. The Balaban J connectivity index is 1.66. The van der Waals surface area contributed by atoms with Crippen LogP contribution >= 0.6 is 11.6 Å². The van der Waals surface area contributed by atoms with Gasteiger partial charge in [-0.25, -0.2) is 0 Å². The number of hydrogen-bond acceptors (Lipinski definition) is 6. The quantitative estimate of drug-likeness (QED) is 0.251. The molecule has 36 heavy (non-hydrogen) atoms. The minimum atomic E-state index is -0.411. The van der Waals surface area contributed by atoms with Crippen LogP contribution in [-0.2, 0) is 6.54 Å². The highest BCUT2D eigenvalue weighted by Crippen LogP contribution is 2.36. The third kappa shape index (κ3) is 3.59. The summed E-state index contributed by atoms with van der Waals surface area (Å²) >= 11 is 6.41. The van der Waals surface area contributed by atoms with Crippen molar-refractivity contribution in [2.45, 2.75) is 19.4 Å². The van der Waals surface area contributed by atoms with E-state index in [-0.39, 0.29) is 17.8 Å². The molecule has 5 aromatic rings. The van der Waals surface area contributed by atoms with Crippen molar-refractivity contribution < 1.29 is 4.92 Å². The third-order valence-electron chi connectivity index (χ3n) is 6.67. The maximum absolute atomic E-state index is 13.6. The smallest absolute Gasteiger partial charge is 0.270 e. The number of halogens is 1. The lowest BCUT2D eigenvalue weighted by molar-refractivity contribution is -0.384. The summed E-state index contributed by atoms with van der Waals surface area (Å²) in [7, 11) is 0. The first-order chi connectivity index (χ1) is 17.5. The van der Waals surface area contributed by atoms with Crippen LogP contribution in [0.15, 0.2) is 71.5 Å². The minimum absolute atomic E-state index is 0.0293. The second kappa shape index (κ2) is 8.76. The summed E-state index contributed by atoms with van der Waals surface area (Å²) in [6.07, 6.45) is 2.11. The van der Waals surface area contributed by atoms with Crippen LogP contribution in [0.2, 0.25) is 5.02 Å². The van der Waals surface area contributed by atoms with E-state index in [9.17, 15) is 14.9 Å². The molecule has 3 aromatic carbocycles. The standard InChI is InChI=1S/C26H21ClN6O3/c27-21-9-3-1-7-17(21)16-31-25(34)19-8-2-4-10-23(19)32-24(28-29-26(31)32)20-15-18(33(35)36)11-12-22(20)30-13-5-6-14-30/h1-4,7-12,15H,5-6,13-14,16H2. The van der Waals surface area contributed by atoms with E-state index in [0.29, 0.717) is 33.1 Å². The van der Waals surface area contributed by atoms with Gasteiger partial charge < -0.3 is 4.90 Å². The molecule has 6 rings (SSSR count). The van der Waals surface area contributed by atoms with Gasteiger partial charge in [-0.3, -0.25) is 23.9 Å². The van der Waals surface area contributed by atoms with Crippen LogP contribution < -0.4 is 10.5 Å². The summed E-state index contributed by atoms with van der Waals surface area (Å²) in [5, 5.41) is 21.6. The second-order valence-corrected chi connectivity index (χ2v) is 9.22. The van der Waals surface area contributed by atoms with Crippen molar-refractivity contribution in [3.8, 4) is 11.4 Å². The van der Waals surface area contributed by atoms with E-state index in [1.165, 1.54) is 6.07 Å². The Morgan fingerprint density at radius 3 is 2.50 bits per heavy atom. The number of rotatable bonds is 5. The van der Waals surface area contributed by atoms with E-state index < -0.39 is 4.92 Å². The Kier molecular flexibility index (Phi) is 5.41. The lowest BCUT2D eigenvalue weighted by Crippen LogP contribution is -2.24. The van der Waals surface area contributed by atoms with Gasteiger partial charge in [0.25, 0.3) is 11.2 Å². The first-order valence-electron chi connectivity index (χ1n) is 11.7. The molecule has 0 aliphatic carbocycles. The van der Waals surface area contributed by atoms with Crippen molar-refractivity contribution in [1.82, 2.24) is 19.2 Å². The van der Waals surface area contributed by atoms with Gasteiger partial charge in [-0.1, -0.05) is 41.9 Å². The monoisotopic (exact) mass is 500 g/mol. The second-order valence-electron chi connectivity index (χ2n) is 8.81. The molecule has 0 N–H and O–H groups in total. The highest BCUT2D eigenvalue weighted by molar-refractivity contribution is 6.31. The number of non-ortho nitro benzene ring substituents is 1. The number of aromatic nitrogens is 4. The molecule has 0 saturated carbocycles. The fourth-order valence-corrected chi connectivity index (χ4v) is 5.12. The molecule has 0 amide bonds. The first-order valence-corrected chi connectivity index (χ1v) is 12.0. The Bertz CT molecular complexity index is 1700. The number of para-hydroxylation sites is 1. The molecule has 1 fully saturated rings. The van der Waals surface area contributed by atoms with E-state index in [4.69, 9.17) is 11.6 Å². The van der Waals surface area contributed by atoms with E-state index in [0.717, 1.165) is 37.2 Å². The van der Waals surface area contributed by atoms with Gasteiger partial charge in [0.15, 0.2) is 5.82 Å². The van der Waals surface area contributed by atoms with Crippen molar-refractivity contribution in [2.24, 2.45) is 0 Å². The van der Waals surface area contributed by atoms with Crippen molar-refractivity contribution >= 4 is 39.7 Å². The first kappa shape index (κ1) is 22.2. The highest BCUT2D eigenvalue weighted by Gasteiger charge is 2.25. The Morgan fingerprint density at radius 1 is 0.972 bits per heavy atom. The Labute approximate surface area is 210 Å². The van der Waals surface area contributed by atoms with E-state index in [1.807, 2.05) is 40.8 Å². The van der Waals surface area contributed by atoms with Gasteiger partial charge in [0.05, 0.1) is 22.4 Å². The number of benzene rings is 3. The SMILES string of the molecule is O=c1c2ccccc2n2c(-c3cc([N+](=O)[O-])ccc3N3CCCC3)nnc2n1Cc1ccccc1Cl. The molecule has 1 aliphatic rings. The molecular weight excluding hydrogens is 480 g/mol. The average Bonchev–Trinajstić information content (AvgIpc) is 3.58. The zero-order valence-electron chi connectivity index (χ0n) is 19.2. The van der Waals surface area contributed by atoms with Crippen molar-refractivity contribution in [3.63, 3.8) is 0 Å². The van der Waals surface area contributed by atoms with Gasteiger partial charge in [0.2, 0.25) is 5.78 Å². The van der Waals surface area contributed by atoms with Gasteiger partial charge in [0, 0.05) is 41.5 Å². The summed E-state index contributed by atoms with van der Waals surface area (Å²) in [5.74, 6) is 0.784. The van der Waals surface area contributed by atoms with Crippen LogP contribution in [0.4, 0.5) is 11.4 Å². The lowest BCUT2D eigenvalue weighted by atomic mass is 10.1. The van der Waals surface area contributed by atoms with Gasteiger partial charge in [0.1, 0.15) is 0 Å². The summed E-state index contributed by atoms with van der Waals surface area (Å²) in [6.45, 7) is 1.93. The number of anilines is 1. The molecule has 0 unspecified atom stereocenters. The molecule has 1 aliphatic heterocycles. The van der Waals surface area contributed by atoms with Crippen LogP contribution in [0.3, 0.4) is 0 Å². The molecule has 9 nitrogen and oxygen atoms in total. The van der Waals surface area contributed by atoms with Crippen molar-refractivity contribution in [1.29, 1.82) is 0 Å². The van der Waals surface area contributed by atoms with E-state index in [2.05, 4.69) is 15.1 Å². The average molecular weight is 501 g/mol. The Morgan fingerprint density at radius 2 is 1.72 bits per heavy atom. The fourth-order valence-electron chi connectivity index (χ4n) is 4.92. The molecule has 3 heterocycles. The predicted octanol–water partition coefficient (Wildman–Crippen LogP) is 4.92. The number of nitro groups is 1. The van der Waals surface area contributed by atoms with Gasteiger partial charge in [-0.05, 0) is 42.7 Å². The third-order valence-corrected chi connectivity index (χ3v) is 7.04. The lowest BCUT2D eigenvalue weighted by Gasteiger charge is -2.21. The molecule has 180 valence electrons. The number of hydrogen-bond donors (Lipinski definition) is 0. The number of nitrogens with zero attached hydrogens (tertiary/aromatic N) is 6. The molecule has 0 spiro atoms. The summed E-state index contributed by atoms with van der Waals surface area (Å²) < 4.78 is 3.36.